The molecule has 0 amide bonds. The summed E-state index contributed by atoms with van der Waals surface area (Å²) in [6.45, 7) is 0. The summed E-state index contributed by atoms with van der Waals surface area (Å²) in [5.41, 5.74) is 15.9. The molecule has 1 spiro atoms. The monoisotopic (exact) mass is 744 g/mol. The van der Waals surface area contributed by atoms with E-state index >= 15 is 0 Å². The molecular formula is C56H44N2. The van der Waals surface area contributed by atoms with Crippen molar-refractivity contribution in [1.82, 2.24) is 4.57 Å². The number of hydrogen-bond acceptors (Lipinski definition) is 1. The summed E-state index contributed by atoms with van der Waals surface area (Å²) in [5.74, 6) is 3.26. The number of fused-ring (bicyclic) bond motifs is 7. The Hall–Kier alpha value is -6.38. The molecule has 278 valence electrons. The number of hydrogen-bond donors (Lipinski definition) is 0. The predicted molar refractivity (Wildman–Crippen MR) is 242 cm³/mol. The van der Waals surface area contributed by atoms with Crippen molar-refractivity contribution in [2.75, 3.05) is 4.90 Å². The first-order valence-electron chi connectivity index (χ1n) is 21.4. The first-order chi connectivity index (χ1) is 28.7. The highest BCUT2D eigenvalue weighted by Gasteiger charge is 2.61. The highest BCUT2D eigenvalue weighted by Crippen LogP contribution is 2.69. The van der Waals surface area contributed by atoms with Gasteiger partial charge in [-0.15, -0.1) is 0 Å². The molecule has 2 heteroatoms. The van der Waals surface area contributed by atoms with E-state index in [9.17, 15) is 0 Å². The molecule has 0 atom stereocenters. The zero-order chi connectivity index (χ0) is 38.0. The van der Waals surface area contributed by atoms with Crippen LogP contribution in [0.2, 0.25) is 0 Å². The second-order valence-corrected chi connectivity index (χ2v) is 17.8. The maximum Gasteiger partial charge on any atom is 0.0542 e. The quantitative estimate of drug-likeness (QED) is 0.170. The van der Waals surface area contributed by atoms with Crippen LogP contribution in [-0.2, 0) is 5.41 Å². The van der Waals surface area contributed by atoms with Crippen LogP contribution in [0, 0.1) is 23.7 Å². The van der Waals surface area contributed by atoms with Gasteiger partial charge >= 0.3 is 0 Å². The van der Waals surface area contributed by atoms with Crippen molar-refractivity contribution in [3.8, 4) is 27.9 Å². The number of rotatable bonds is 5. The summed E-state index contributed by atoms with van der Waals surface area (Å²) >= 11 is 0. The first-order valence-corrected chi connectivity index (χ1v) is 21.4. The smallest absolute Gasteiger partial charge is 0.0542 e. The molecule has 0 N–H and O–H groups in total. The summed E-state index contributed by atoms with van der Waals surface area (Å²) in [5, 5.41) is 5.08. The van der Waals surface area contributed by atoms with Crippen molar-refractivity contribution in [2.24, 2.45) is 23.7 Å². The van der Waals surface area contributed by atoms with Gasteiger partial charge in [-0.2, -0.15) is 0 Å². The van der Waals surface area contributed by atoms with Crippen molar-refractivity contribution in [3.05, 3.63) is 193 Å². The van der Waals surface area contributed by atoms with E-state index in [2.05, 4.69) is 191 Å². The maximum absolute atomic E-state index is 2.63. The lowest BCUT2D eigenvalue weighted by Crippen LogP contribution is -2.55. The Balaban J connectivity index is 1.01. The molecule has 8 aromatic carbocycles. The minimum absolute atomic E-state index is 0.105. The molecule has 0 unspecified atom stereocenters. The number of nitrogens with zero attached hydrogens (tertiary/aromatic N) is 2. The lowest BCUT2D eigenvalue weighted by Gasteiger charge is -2.61. The van der Waals surface area contributed by atoms with Gasteiger partial charge < -0.3 is 9.47 Å². The van der Waals surface area contributed by atoms with Crippen LogP contribution in [-0.4, -0.2) is 4.57 Å². The van der Waals surface area contributed by atoms with Gasteiger partial charge in [0, 0.05) is 38.9 Å². The molecule has 2 nitrogen and oxygen atoms in total. The van der Waals surface area contributed by atoms with Crippen LogP contribution in [0.25, 0.3) is 60.5 Å². The van der Waals surface area contributed by atoms with Gasteiger partial charge in [0.15, 0.2) is 0 Å². The molecule has 4 bridgehead atoms. The number of benzene rings is 8. The van der Waals surface area contributed by atoms with Gasteiger partial charge in [0.2, 0.25) is 0 Å². The molecule has 1 heterocycles. The SMILES string of the molecule is c1ccc(-n2c3ccccc3c3cc(N(c4ccc(-c5ccc6ccccc6c5)cc4)c4ccc5c(c4)C4(c6ccccc6-5)C5CC6CC(C5)CC4C6)ccc32)cc1. The Morgan fingerprint density at radius 3 is 1.86 bits per heavy atom. The molecule has 9 aromatic rings. The predicted octanol–water partition coefficient (Wildman–Crippen LogP) is 14.8. The normalized spacial score (nSPS) is 22.6. The van der Waals surface area contributed by atoms with Crippen molar-refractivity contribution in [2.45, 2.75) is 37.5 Å². The molecule has 1 aromatic heterocycles. The molecule has 0 saturated heterocycles. The molecule has 0 aliphatic heterocycles. The van der Waals surface area contributed by atoms with E-state index in [0.717, 1.165) is 23.7 Å². The van der Waals surface area contributed by atoms with E-state index in [1.54, 1.807) is 11.1 Å². The Labute approximate surface area is 340 Å². The summed E-state index contributed by atoms with van der Waals surface area (Å²) in [4.78, 5) is 2.53. The van der Waals surface area contributed by atoms with Gasteiger partial charge in [-0.25, -0.2) is 0 Å². The highest BCUT2D eigenvalue weighted by atomic mass is 15.1. The Morgan fingerprint density at radius 2 is 1.03 bits per heavy atom. The third kappa shape index (κ3) is 4.60. The van der Waals surface area contributed by atoms with Crippen LogP contribution < -0.4 is 4.90 Å². The van der Waals surface area contributed by atoms with E-state index in [0.29, 0.717) is 0 Å². The summed E-state index contributed by atoms with van der Waals surface area (Å²) in [7, 11) is 0. The largest absolute Gasteiger partial charge is 0.310 e. The summed E-state index contributed by atoms with van der Waals surface area (Å²) in [6, 6.07) is 68.6. The summed E-state index contributed by atoms with van der Waals surface area (Å²) < 4.78 is 2.42. The maximum atomic E-state index is 2.63. The van der Waals surface area contributed by atoms with Gasteiger partial charge in [0.05, 0.1) is 11.0 Å². The standard InChI is InChI=1S/C56H44N2/c1-2-12-44(13-3-1)58-54-17-9-7-15-50(54)51-34-46(25-27-55(51)58)57(45-22-20-39(21-23-45)41-19-18-38-10-4-5-11-40(38)33-41)47-24-26-49-48-14-6-8-16-52(48)56(53(49)35-47)42-29-36-28-37(31-42)32-43(56)30-36/h1-27,33-37,42-43H,28-32H2. The van der Waals surface area contributed by atoms with E-state index in [1.807, 2.05) is 0 Å². The highest BCUT2D eigenvalue weighted by molar-refractivity contribution is 6.10. The van der Waals surface area contributed by atoms with Crippen molar-refractivity contribution in [3.63, 3.8) is 0 Å². The van der Waals surface area contributed by atoms with Crippen molar-refractivity contribution < 1.29 is 0 Å². The zero-order valence-electron chi connectivity index (χ0n) is 32.6. The molecule has 14 rings (SSSR count). The Kier molecular flexibility index (Phi) is 6.94. The van der Waals surface area contributed by atoms with Gasteiger partial charge in [0.1, 0.15) is 0 Å². The molecule has 4 fully saturated rings. The Bertz CT molecular complexity index is 3050. The van der Waals surface area contributed by atoms with Crippen LogP contribution in [0.4, 0.5) is 17.1 Å². The first kappa shape index (κ1) is 32.7. The van der Waals surface area contributed by atoms with Gasteiger partial charge in [-0.1, -0.05) is 115 Å². The van der Waals surface area contributed by atoms with Crippen molar-refractivity contribution >= 4 is 49.6 Å². The third-order valence-corrected chi connectivity index (χ3v) is 14.9. The van der Waals surface area contributed by atoms with E-state index in [4.69, 9.17) is 0 Å². The summed E-state index contributed by atoms with van der Waals surface area (Å²) in [6.07, 6.45) is 6.99. The van der Waals surface area contributed by atoms with Gasteiger partial charge in [-0.05, 0) is 167 Å². The van der Waals surface area contributed by atoms with Gasteiger partial charge in [-0.3, -0.25) is 0 Å². The fourth-order valence-corrected chi connectivity index (χ4v) is 12.9. The van der Waals surface area contributed by atoms with E-state index < -0.39 is 0 Å². The average molecular weight is 745 g/mol. The number of aromatic nitrogens is 1. The second-order valence-electron chi connectivity index (χ2n) is 17.8. The van der Waals surface area contributed by atoms with Crippen LogP contribution in [0.5, 0.6) is 0 Å². The number of para-hydroxylation sites is 2. The third-order valence-electron chi connectivity index (χ3n) is 14.9. The van der Waals surface area contributed by atoms with Crippen LogP contribution >= 0.6 is 0 Å². The fourth-order valence-electron chi connectivity index (χ4n) is 12.9. The second kappa shape index (κ2) is 12.3. The molecule has 0 radical (unpaired) electrons. The lowest BCUT2D eigenvalue weighted by atomic mass is 9.43. The van der Waals surface area contributed by atoms with Crippen LogP contribution in [0.15, 0.2) is 182 Å². The molecular weight excluding hydrogens is 701 g/mol. The van der Waals surface area contributed by atoms with Crippen LogP contribution in [0.3, 0.4) is 0 Å². The van der Waals surface area contributed by atoms with E-state index in [-0.39, 0.29) is 5.41 Å². The molecule has 58 heavy (non-hydrogen) atoms. The molecule has 4 saturated carbocycles. The minimum Gasteiger partial charge on any atom is -0.310 e. The minimum atomic E-state index is 0.105. The van der Waals surface area contributed by atoms with Crippen molar-refractivity contribution in [1.29, 1.82) is 0 Å². The van der Waals surface area contributed by atoms with Crippen LogP contribution in [0.1, 0.15) is 43.2 Å². The average Bonchev–Trinajstić information content (AvgIpc) is 3.76. The van der Waals surface area contributed by atoms with E-state index in [1.165, 1.54) is 110 Å². The zero-order valence-corrected chi connectivity index (χ0v) is 32.6. The molecule has 5 aliphatic carbocycles. The molecule has 5 aliphatic rings. The fraction of sp³-hybridized carbons (Fsp3) is 0.179. The topological polar surface area (TPSA) is 8.17 Å². The van der Waals surface area contributed by atoms with Gasteiger partial charge in [0.25, 0.3) is 0 Å². The Morgan fingerprint density at radius 1 is 0.414 bits per heavy atom. The number of anilines is 3. The lowest BCUT2D eigenvalue weighted by molar-refractivity contribution is -0.0399.